The van der Waals surface area contributed by atoms with E-state index >= 15 is 0 Å². The third kappa shape index (κ3) is 4.42. The van der Waals surface area contributed by atoms with Gasteiger partial charge in [-0.25, -0.2) is 5.43 Å². The number of rotatable bonds is 2. The minimum atomic E-state index is -0.124. The number of nitrogens with zero attached hydrogens (tertiary/aromatic N) is 1. The van der Waals surface area contributed by atoms with Crippen molar-refractivity contribution in [1.82, 2.24) is 5.43 Å². The van der Waals surface area contributed by atoms with Crippen LogP contribution in [0.2, 0.25) is 0 Å². The van der Waals surface area contributed by atoms with Crippen molar-refractivity contribution in [2.45, 2.75) is 58.8 Å². The van der Waals surface area contributed by atoms with E-state index < -0.39 is 0 Å². The molecule has 0 unspecified atom stereocenters. The topological polar surface area (TPSA) is 41.5 Å². The third-order valence-electron chi connectivity index (χ3n) is 4.18. The quantitative estimate of drug-likeness (QED) is 0.810. The van der Waals surface area contributed by atoms with Crippen molar-refractivity contribution in [3.05, 3.63) is 35.4 Å². The van der Waals surface area contributed by atoms with Crippen LogP contribution in [0.5, 0.6) is 0 Å². The summed E-state index contributed by atoms with van der Waals surface area (Å²) in [5, 5.41) is 4.28. The predicted octanol–water partition coefficient (Wildman–Crippen LogP) is 4.28. The Bertz CT molecular complexity index is 513. The molecule has 0 aliphatic heterocycles. The average molecular weight is 286 g/mol. The summed E-state index contributed by atoms with van der Waals surface area (Å²) in [4.78, 5) is 12.1. The van der Waals surface area contributed by atoms with Crippen LogP contribution in [0.1, 0.15) is 69.3 Å². The van der Waals surface area contributed by atoms with Crippen LogP contribution >= 0.6 is 0 Å². The molecule has 0 aromatic heterocycles. The van der Waals surface area contributed by atoms with Crippen molar-refractivity contribution in [2.75, 3.05) is 0 Å². The van der Waals surface area contributed by atoms with Crippen LogP contribution in [0.4, 0.5) is 0 Å². The summed E-state index contributed by atoms with van der Waals surface area (Å²) in [6, 6.07) is 7.78. The molecule has 2 rings (SSSR count). The molecule has 1 aliphatic rings. The van der Waals surface area contributed by atoms with Crippen LogP contribution in [0.3, 0.4) is 0 Å². The Balaban J connectivity index is 1.96. The Kier molecular flexibility index (Phi) is 4.81. The van der Waals surface area contributed by atoms with Crippen molar-refractivity contribution in [3.8, 4) is 0 Å². The van der Waals surface area contributed by atoms with Gasteiger partial charge in [0, 0.05) is 11.3 Å². The molecular weight excluding hydrogens is 260 g/mol. The van der Waals surface area contributed by atoms with Gasteiger partial charge in [-0.05, 0) is 54.7 Å². The second-order valence-electron chi connectivity index (χ2n) is 7.13. The van der Waals surface area contributed by atoms with Gasteiger partial charge in [0.1, 0.15) is 0 Å². The van der Waals surface area contributed by atoms with Gasteiger partial charge < -0.3 is 0 Å². The molecular formula is C18H26N2O. The molecule has 0 heterocycles. The van der Waals surface area contributed by atoms with Crippen LogP contribution in [0, 0.1) is 5.92 Å². The number of hydrogen-bond donors (Lipinski definition) is 1. The first-order chi connectivity index (χ1) is 9.86. The van der Waals surface area contributed by atoms with E-state index in [2.05, 4.69) is 38.2 Å². The molecule has 3 heteroatoms. The number of hydrogen-bond acceptors (Lipinski definition) is 2. The van der Waals surface area contributed by atoms with Crippen molar-refractivity contribution in [1.29, 1.82) is 0 Å². The molecule has 1 N–H and O–H groups in total. The van der Waals surface area contributed by atoms with Gasteiger partial charge >= 0.3 is 0 Å². The summed E-state index contributed by atoms with van der Waals surface area (Å²) >= 11 is 0. The van der Waals surface area contributed by atoms with Crippen LogP contribution < -0.4 is 5.43 Å². The maximum atomic E-state index is 12.1. The highest BCUT2D eigenvalue weighted by Crippen LogP contribution is 2.22. The lowest BCUT2D eigenvalue weighted by Gasteiger charge is -2.19. The molecule has 3 nitrogen and oxygen atoms in total. The van der Waals surface area contributed by atoms with Gasteiger partial charge in [-0.3, -0.25) is 4.79 Å². The minimum absolute atomic E-state index is 0.105. The summed E-state index contributed by atoms with van der Waals surface area (Å²) in [5.41, 5.74) is 5.81. The Morgan fingerprint density at radius 3 is 2.24 bits per heavy atom. The average Bonchev–Trinajstić information content (AvgIpc) is 2.45. The van der Waals surface area contributed by atoms with E-state index in [0.29, 0.717) is 5.56 Å². The molecule has 0 atom stereocenters. The summed E-state index contributed by atoms with van der Waals surface area (Å²) in [6.45, 7) is 8.76. The zero-order valence-electron chi connectivity index (χ0n) is 13.6. The Morgan fingerprint density at radius 2 is 1.71 bits per heavy atom. The van der Waals surface area contributed by atoms with Crippen LogP contribution in [0.15, 0.2) is 29.4 Å². The van der Waals surface area contributed by atoms with E-state index in [1.807, 2.05) is 24.3 Å². The zero-order chi connectivity index (χ0) is 15.5. The zero-order valence-corrected chi connectivity index (χ0v) is 13.6. The molecule has 1 saturated carbocycles. The maximum Gasteiger partial charge on any atom is 0.271 e. The number of amides is 1. The van der Waals surface area contributed by atoms with E-state index in [1.54, 1.807) is 0 Å². The van der Waals surface area contributed by atoms with E-state index in [9.17, 15) is 4.79 Å². The van der Waals surface area contributed by atoms with Crippen molar-refractivity contribution < 1.29 is 4.79 Å². The monoisotopic (exact) mass is 286 g/mol. The number of carbonyl (C=O) groups excluding carboxylic acids is 1. The van der Waals surface area contributed by atoms with E-state index in [1.165, 1.54) is 18.4 Å². The summed E-state index contributed by atoms with van der Waals surface area (Å²) in [5.74, 6) is 0.658. The molecule has 1 amide bonds. The Morgan fingerprint density at radius 1 is 1.14 bits per heavy atom. The highest BCUT2D eigenvalue weighted by atomic mass is 16.2. The summed E-state index contributed by atoms with van der Waals surface area (Å²) < 4.78 is 0. The van der Waals surface area contributed by atoms with Gasteiger partial charge in [-0.2, -0.15) is 5.10 Å². The van der Waals surface area contributed by atoms with Crippen LogP contribution in [-0.4, -0.2) is 11.6 Å². The first-order valence-corrected chi connectivity index (χ1v) is 7.82. The lowest BCUT2D eigenvalue weighted by Crippen LogP contribution is -2.22. The number of nitrogens with one attached hydrogen (secondary N) is 1. The predicted molar refractivity (Wildman–Crippen MR) is 87.7 cm³/mol. The van der Waals surface area contributed by atoms with Crippen LogP contribution in [-0.2, 0) is 5.41 Å². The molecule has 0 spiro atoms. The molecule has 0 radical (unpaired) electrons. The van der Waals surface area contributed by atoms with E-state index in [0.717, 1.165) is 24.5 Å². The van der Waals surface area contributed by atoms with Gasteiger partial charge in [0.15, 0.2) is 0 Å². The number of hydrazone groups is 1. The summed E-state index contributed by atoms with van der Waals surface area (Å²) in [7, 11) is 0. The molecule has 0 bridgehead atoms. The third-order valence-corrected chi connectivity index (χ3v) is 4.18. The van der Waals surface area contributed by atoms with Gasteiger partial charge in [0.25, 0.3) is 5.91 Å². The second-order valence-corrected chi connectivity index (χ2v) is 7.13. The van der Waals surface area contributed by atoms with Crippen molar-refractivity contribution in [3.63, 3.8) is 0 Å². The molecule has 114 valence electrons. The van der Waals surface area contributed by atoms with Crippen molar-refractivity contribution >= 4 is 11.6 Å². The van der Waals surface area contributed by atoms with Gasteiger partial charge in [-0.1, -0.05) is 39.8 Å². The van der Waals surface area contributed by atoms with E-state index in [4.69, 9.17) is 0 Å². The second kappa shape index (κ2) is 6.42. The molecule has 1 aromatic rings. The lowest BCUT2D eigenvalue weighted by molar-refractivity contribution is 0.0954. The maximum absolute atomic E-state index is 12.1. The smallest absolute Gasteiger partial charge is 0.267 e. The Labute approximate surface area is 127 Å². The highest BCUT2D eigenvalue weighted by Gasteiger charge is 2.15. The Hall–Kier alpha value is -1.64. The normalized spacial score (nSPS) is 19.2. The lowest BCUT2D eigenvalue weighted by atomic mass is 9.87. The van der Waals surface area contributed by atoms with Gasteiger partial charge in [0.2, 0.25) is 0 Å². The van der Waals surface area contributed by atoms with Gasteiger partial charge in [-0.15, -0.1) is 0 Å². The summed E-state index contributed by atoms with van der Waals surface area (Å²) in [6.07, 6.45) is 4.36. The molecule has 0 saturated heterocycles. The molecule has 1 aromatic carbocycles. The molecule has 1 fully saturated rings. The fraction of sp³-hybridized carbons (Fsp3) is 0.556. The van der Waals surface area contributed by atoms with Crippen LogP contribution in [0.25, 0.3) is 0 Å². The fourth-order valence-corrected chi connectivity index (χ4v) is 2.52. The largest absolute Gasteiger partial charge is 0.271 e. The first-order valence-electron chi connectivity index (χ1n) is 7.82. The molecule has 1 aliphatic carbocycles. The minimum Gasteiger partial charge on any atom is -0.267 e. The van der Waals surface area contributed by atoms with E-state index in [-0.39, 0.29) is 11.3 Å². The number of carbonyl (C=O) groups is 1. The highest BCUT2D eigenvalue weighted by molar-refractivity contribution is 5.95. The molecule has 21 heavy (non-hydrogen) atoms. The number of benzene rings is 1. The van der Waals surface area contributed by atoms with Crippen molar-refractivity contribution in [2.24, 2.45) is 11.0 Å². The standard InChI is InChI=1S/C18H26N2O/c1-13-5-11-16(12-6-13)19-20-17(21)14-7-9-15(10-8-14)18(2,3)4/h7-10,13H,5-6,11-12H2,1-4H3,(H,20,21). The first kappa shape index (κ1) is 15.7. The SMILES string of the molecule is CC1CCC(=NNC(=O)c2ccc(C(C)(C)C)cc2)CC1. The van der Waals surface area contributed by atoms with Gasteiger partial charge in [0.05, 0.1) is 0 Å². The fourth-order valence-electron chi connectivity index (χ4n) is 2.52.